The fourth-order valence-electron chi connectivity index (χ4n) is 0.397. The summed E-state index contributed by atoms with van der Waals surface area (Å²) in [7, 11) is 0. The molecule has 1 heterocycles. The van der Waals surface area contributed by atoms with E-state index in [1.165, 1.54) is 12.8 Å². The summed E-state index contributed by atoms with van der Waals surface area (Å²) < 4.78 is 4.99. The molecule has 0 aromatic rings. The normalized spacial score (nSPS) is 22.7. The standard InChI is InChI=1S/C4H8OS/c1-2-4-6-5-3-1/h4,6H,1-3H2. The molecule has 0 saturated heterocycles. The molecule has 6 heavy (non-hydrogen) atoms. The maximum absolute atomic E-state index is 4.99. The van der Waals surface area contributed by atoms with E-state index in [0.29, 0.717) is 0 Å². The largest absolute Gasteiger partial charge is 0.326 e. The van der Waals surface area contributed by atoms with Crippen LogP contribution < -0.4 is 0 Å². The molecular weight excluding hydrogens is 96.1 g/mol. The van der Waals surface area contributed by atoms with Crippen LogP contribution in [-0.4, -0.2) is 12.0 Å². The van der Waals surface area contributed by atoms with Gasteiger partial charge in [-0.05, 0) is 18.2 Å². The van der Waals surface area contributed by atoms with E-state index in [9.17, 15) is 0 Å². The van der Waals surface area contributed by atoms with Gasteiger partial charge in [-0.15, -0.1) is 0 Å². The first kappa shape index (κ1) is 4.34. The van der Waals surface area contributed by atoms with Crippen molar-refractivity contribution in [1.29, 1.82) is 0 Å². The van der Waals surface area contributed by atoms with E-state index in [2.05, 4.69) is 5.37 Å². The van der Waals surface area contributed by atoms with Crippen LogP contribution in [0.5, 0.6) is 0 Å². The molecule has 1 aliphatic heterocycles. The lowest BCUT2D eigenvalue weighted by molar-refractivity contribution is 0.370. The number of thiol groups is 1. The average Bonchev–Trinajstić information content (AvgIpc) is 1.72. The number of rotatable bonds is 0. The van der Waals surface area contributed by atoms with Gasteiger partial charge in [-0.2, -0.15) is 0 Å². The Morgan fingerprint density at radius 1 is 1.67 bits per heavy atom. The maximum Gasteiger partial charge on any atom is 0.0606 e. The molecule has 0 spiro atoms. The first-order chi connectivity index (χ1) is 3.00. The van der Waals surface area contributed by atoms with Gasteiger partial charge in [-0.3, -0.25) is 0 Å². The van der Waals surface area contributed by atoms with Crippen molar-refractivity contribution < 1.29 is 4.18 Å². The van der Waals surface area contributed by atoms with E-state index in [1.807, 2.05) is 0 Å². The molecule has 0 bridgehead atoms. The second-order valence-electron chi connectivity index (χ2n) is 1.26. The summed E-state index contributed by atoms with van der Waals surface area (Å²) in [4.78, 5) is 0. The van der Waals surface area contributed by atoms with E-state index in [-0.39, 0.29) is 0 Å². The Kier molecular flexibility index (Phi) is 1.71. The Labute approximate surface area is 41.5 Å². The topological polar surface area (TPSA) is 9.23 Å². The lowest BCUT2D eigenvalue weighted by Gasteiger charge is -1.99. The number of hydrogen-bond acceptors (Lipinski definition) is 1. The van der Waals surface area contributed by atoms with Gasteiger partial charge in [0.2, 0.25) is 0 Å². The lowest BCUT2D eigenvalue weighted by atomic mass is 10.4. The third-order valence-corrected chi connectivity index (χ3v) is 1.46. The molecule has 0 aromatic carbocycles. The van der Waals surface area contributed by atoms with Gasteiger partial charge in [0.1, 0.15) is 0 Å². The SMILES string of the molecule is C1=[SH]OCCC1. The summed E-state index contributed by atoms with van der Waals surface area (Å²) in [5.41, 5.74) is 0. The third kappa shape index (κ3) is 1.11. The van der Waals surface area contributed by atoms with Crippen molar-refractivity contribution in [1.82, 2.24) is 0 Å². The van der Waals surface area contributed by atoms with Gasteiger partial charge in [0.05, 0.1) is 6.61 Å². The van der Waals surface area contributed by atoms with Crippen LogP contribution in [0.25, 0.3) is 0 Å². The van der Waals surface area contributed by atoms with Gasteiger partial charge in [0.15, 0.2) is 0 Å². The van der Waals surface area contributed by atoms with Crippen molar-refractivity contribution in [3.63, 3.8) is 0 Å². The quantitative estimate of drug-likeness (QED) is 0.356. The van der Waals surface area contributed by atoms with Gasteiger partial charge >= 0.3 is 0 Å². The van der Waals surface area contributed by atoms with Gasteiger partial charge in [0, 0.05) is 0 Å². The minimum Gasteiger partial charge on any atom is -0.326 e. The Hall–Kier alpha value is 0.180. The zero-order chi connectivity index (χ0) is 4.24. The van der Waals surface area contributed by atoms with Gasteiger partial charge in [0.25, 0.3) is 0 Å². The van der Waals surface area contributed by atoms with Gasteiger partial charge in [-0.1, -0.05) is 11.6 Å². The molecule has 0 amide bonds. The van der Waals surface area contributed by atoms with Crippen LogP contribution in [0.4, 0.5) is 0 Å². The minimum absolute atomic E-state index is 0.956. The monoisotopic (exact) mass is 104 g/mol. The molecular formula is C4H8OS. The maximum atomic E-state index is 4.99. The minimum atomic E-state index is 0.956. The molecule has 0 radical (unpaired) electrons. The second-order valence-corrected chi connectivity index (χ2v) is 2.10. The third-order valence-electron chi connectivity index (χ3n) is 0.718. The van der Waals surface area contributed by atoms with E-state index in [0.717, 1.165) is 18.2 Å². The summed E-state index contributed by atoms with van der Waals surface area (Å²) in [6, 6.07) is 0. The van der Waals surface area contributed by atoms with E-state index in [4.69, 9.17) is 4.18 Å². The Bertz CT molecular complexity index is 52.6. The van der Waals surface area contributed by atoms with Crippen LogP contribution in [-0.2, 0) is 4.18 Å². The zero-order valence-electron chi connectivity index (χ0n) is 3.55. The van der Waals surface area contributed by atoms with Crippen LogP contribution in [0.3, 0.4) is 0 Å². The van der Waals surface area contributed by atoms with Crippen LogP contribution >= 0.6 is 11.6 Å². The molecule has 0 fully saturated rings. The van der Waals surface area contributed by atoms with Crippen molar-refractivity contribution in [2.45, 2.75) is 12.8 Å². The van der Waals surface area contributed by atoms with Crippen molar-refractivity contribution in [2.24, 2.45) is 0 Å². The lowest BCUT2D eigenvalue weighted by Crippen LogP contribution is -1.90. The highest BCUT2D eigenvalue weighted by Gasteiger charge is 1.86. The molecule has 0 aromatic heterocycles. The molecule has 0 saturated carbocycles. The van der Waals surface area contributed by atoms with Crippen molar-refractivity contribution >= 4 is 17.0 Å². The second kappa shape index (κ2) is 2.37. The van der Waals surface area contributed by atoms with Crippen molar-refractivity contribution in [2.75, 3.05) is 6.61 Å². The number of hydrogen-bond donors (Lipinski definition) is 1. The molecule has 1 aliphatic rings. The highest BCUT2D eigenvalue weighted by molar-refractivity contribution is 7.93. The summed E-state index contributed by atoms with van der Waals surface area (Å²) in [5, 5.41) is 2.14. The van der Waals surface area contributed by atoms with Crippen molar-refractivity contribution in [3.05, 3.63) is 0 Å². The van der Waals surface area contributed by atoms with Gasteiger partial charge in [-0.25, -0.2) is 0 Å². The van der Waals surface area contributed by atoms with Crippen molar-refractivity contribution in [3.8, 4) is 0 Å². The summed E-state index contributed by atoms with van der Waals surface area (Å²) in [5.74, 6) is 0. The van der Waals surface area contributed by atoms with Crippen LogP contribution in [0.2, 0.25) is 0 Å². The van der Waals surface area contributed by atoms with E-state index >= 15 is 0 Å². The predicted octanol–water partition coefficient (Wildman–Crippen LogP) is 0.980. The first-order valence-corrected chi connectivity index (χ1v) is 3.02. The van der Waals surface area contributed by atoms with Crippen LogP contribution in [0, 0.1) is 0 Å². The highest BCUT2D eigenvalue weighted by Crippen LogP contribution is 2.00. The average molecular weight is 104 g/mol. The van der Waals surface area contributed by atoms with Gasteiger partial charge < -0.3 is 4.18 Å². The highest BCUT2D eigenvalue weighted by atomic mass is 32.2. The Balaban J connectivity index is 2.26. The summed E-state index contributed by atoms with van der Waals surface area (Å²) in [6.07, 6.45) is 2.45. The molecule has 0 atom stereocenters. The Morgan fingerprint density at radius 3 is 2.83 bits per heavy atom. The van der Waals surface area contributed by atoms with Crippen LogP contribution in [0.15, 0.2) is 0 Å². The van der Waals surface area contributed by atoms with Crippen LogP contribution in [0.1, 0.15) is 12.8 Å². The van der Waals surface area contributed by atoms with E-state index < -0.39 is 0 Å². The summed E-state index contributed by atoms with van der Waals surface area (Å²) >= 11 is 1.07. The predicted molar refractivity (Wildman–Crippen MR) is 30.2 cm³/mol. The molecule has 0 unspecified atom stereocenters. The Morgan fingerprint density at radius 2 is 2.67 bits per heavy atom. The smallest absolute Gasteiger partial charge is 0.0606 e. The molecule has 1 rings (SSSR count). The molecule has 36 valence electrons. The molecule has 2 heteroatoms. The molecule has 1 nitrogen and oxygen atoms in total. The fourth-order valence-corrected chi connectivity index (χ4v) is 1.03. The zero-order valence-corrected chi connectivity index (χ0v) is 4.45. The fraction of sp³-hybridized carbons (Fsp3) is 0.750. The summed E-state index contributed by atoms with van der Waals surface area (Å²) in [6.45, 7) is 0.956. The molecule has 0 N–H and O–H groups in total. The van der Waals surface area contributed by atoms with E-state index in [1.54, 1.807) is 0 Å². The molecule has 0 aliphatic carbocycles. The first-order valence-electron chi connectivity index (χ1n) is 2.14.